The molecule has 0 saturated carbocycles. The molecular formula is C13H17N3O3S. The van der Waals surface area contributed by atoms with Gasteiger partial charge in [-0.1, -0.05) is 6.07 Å². The normalized spacial score (nSPS) is 14.8. The van der Waals surface area contributed by atoms with E-state index in [4.69, 9.17) is 0 Å². The standard InChI is InChI=1S/C13H17N3O3S/c17-11-9-16(7-6-14-11)12(18)4-1-5-15-13(19)10-3-2-8-20-10/h2-3,8H,1,4-7,9H2,(H,14,17)(H,15,19). The molecule has 2 rings (SSSR count). The molecule has 1 aromatic rings. The summed E-state index contributed by atoms with van der Waals surface area (Å²) in [4.78, 5) is 36.9. The molecule has 0 unspecified atom stereocenters. The summed E-state index contributed by atoms with van der Waals surface area (Å²) < 4.78 is 0. The molecule has 0 spiro atoms. The molecule has 1 aliphatic heterocycles. The zero-order chi connectivity index (χ0) is 14.4. The second-order valence-electron chi connectivity index (χ2n) is 4.50. The van der Waals surface area contributed by atoms with Crippen molar-refractivity contribution in [3.05, 3.63) is 22.4 Å². The lowest BCUT2D eigenvalue weighted by molar-refractivity contribution is -0.138. The van der Waals surface area contributed by atoms with Gasteiger partial charge in [-0.2, -0.15) is 0 Å². The zero-order valence-electron chi connectivity index (χ0n) is 11.1. The molecule has 1 aromatic heterocycles. The minimum absolute atomic E-state index is 0.0368. The Morgan fingerprint density at radius 1 is 1.45 bits per heavy atom. The van der Waals surface area contributed by atoms with Crippen LogP contribution in [0, 0.1) is 0 Å². The molecule has 20 heavy (non-hydrogen) atoms. The quantitative estimate of drug-likeness (QED) is 0.763. The van der Waals surface area contributed by atoms with E-state index >= 15 is 0 Å². The largest absolute Gasteiger partial charge is 0.353 e. The van der Waals surface area contributed by atoms with Crippen LogP contribution in [0.15, 0.2) is 17.5 Å². The molecule has 2 heterocycles. The van der Waals surface area contributed by atoms with E-state index in [-0.39, 0.29) is 24.3 Å². The van der Waals surface area contributed by atoms with Gasteiger partial charge in [0.15, 0.2) is 0 Å². The summed E-state index contributed by atoms with van der Waals surface area (Å²) >= 11 is 1.39. The maximum atomic E-state index is 11.9. The molecule has 0 atom stereocenters. The van der Waals surface area contributed by atoms with E-state index in [1.807, 2.05) is 11.4 Å². The summed E-state index contributed by atoms with van der Waals surface area (Å²) in [5.41, 5.74) is 0. The highest BCUT2D eigenvalue weighted by molar-refractivity contribution is 7.12. The summed E-state index contributed by atoms with van der Waals surface area (Å²) in [6.07, 6.45) is 0.923. The van der Waals surface area contributed by atoms with E-state index < -0.39 is 0 Å². The lowest BCUT2D eigenvalue weighted by Gasteiger charge is -2.26. The minimum Gasteiger partial charge on any atom is -0.353 e. The number of carbonyl (C=O) groups excluding carboxylic acids is 3. The Morgan fingerprint density at radius 2 is 2.30 bits per heavy atom. The van der Waals surface area contributed by atoms with E-state index in [2.05, 4.69) is 10.6 Å². The molecule has 3 amide bonds. The Balaban J connectivity index is 1.64. The second-order valence-corrected chi connectivity index (χ2v) is 5.45. The van der Waals surface area contributed by atoms with Crippen molar-refractivity contribution in [2.75, 3.05) is 26.2 Å². The number of hydrogen-bond acceptors (Lipinski definition) is 4. The maximum Gasteiger partial charge on any atom is 0.261 e. The SMILES string of the molecule is O=C1CN(C(=O)CCCNC(=O)c2cccs2)CCN1. The number of nitrogens with one attached hydrogen (secondary N) is 2. The molecule has 0 bridgehead atoms. The van der Waals surface area contributed by atoms with Gasteiger partial charge in [0.25, 0.3) is 5.91 Å². The van der Waals surface area contributed by atoms with Crippen LogP contribution in [0.4, 0.5) is 0 Å². The molecule has 7 heteroatoms. The molecule has 1 fully saturated rings. The molecule has 0 aliphatic carbocycles. The summed E-state index contributed by atoms with van der Waals surface area (Å²) in [6.45, 7) is 1.68. The van der Waals surface area contributed by atoms with E-state index in [0.29, 0.717) is 37.4 Å². The molecule has 108 valence electrons. The van der Waals surface area contributed by atoms with Gasteiger partial charge in [0.1, 0.15) is 0 Å². The molecule has 0 radical (unpaired) electrons. The highest BCUT2D eigenvalue weighted by Gasteiger charge is 2.20. The molecule has 0 aromatic carbocycles. The number of nitrogens with zero attached hydrogens (tertiary/aromatic N) is 1. The lowest BCUT2D eigenvalue weighted by atomic mass is 10.2. The Morgan fingerprint density at radius 3 is 3.00 bits per heavy atom. The molecule has 1 saturated heterocycles. The van der Waals surface area contributed by atoms with E-state index in [1.165, 1.54) is 11.3 Å². The average molecular weight is 295 g/mol. The van der Waals surface area contributed by atoms with Crippen LogP contribution in [-0.2, 0) is 9.59 Å². The fourth-order valence-electron chi connectivity index (χ4n) is 1.95. The highest BCUT2D eigenvalue weighted by atomic mass is 32.1. The second kappa shape index (κ2) is 7.04. The van der Waals surface area contributed by atoms with Crippen LogP contribution in [0.2, 0.25) is 0 Å². The molecular weight excluding hydrogens is 278 g/mol. The summed E-state index contributed by atoms with van der Waals surface area (Å²) in [5, 5.41) is 7.30. The predicted molar refractivity (Wildman–Crippen MR) is 75.5 cm³/mol. The fraction of sp³-hybridized carbons (Fsp3) is 0.462. The van der Waals surface area contributed by atoms with Crippen LogP contribution < -0.4 is 10.6 Å². The third kappa shape index (κ3) is 4.06. The van der Waals surface area contributed by atoms with Gasteiger partial charge in [-0.05, 0) is 17.9 Å². The average Bonchev–Trinajstić information content (AvgIpc) is 2.97. The molecule has 2 N–H and O–H groups in total. The molecule has 6 nitrogen and oxygen atoms in total. The highest BCUT2D eigenvalue weighted by Crippen LogP contribution is 2.07. The van der Waals surface area contributed by atoms with Crippen molar-refractivity contribution in [3.8, 4) is 0 Å². The van der Waals surface area contributed by atoms with Crippen LogP contribution >= 0.6 is 11.3 Å². The predicted octanol–water partition coefficient (Wildman–Crippen LogP) is 0.216. The minimum atomic E-state index is -0.115. The Bertz CT molecular complexity index is 487. The van der Waals surface area contributed by atoms with Gasteiger partial charge in [0.2, 0.25) is 11.8 Å². The third-order valence-corrected chi connectivity index (χ3v) is 3.86. The van der Waals surface area contributed by atoms with Gasteiger partial charge >= 0.3 is 0 Å². The van der Waals surface area contributed by atoms with Crippen molar-refractivity contribution in [1.29, 1.82) is 0 Å². The number of rotatable bonds is 5. The number of hydrogen-bond donors (Lipinski definition) is 2. The topological polar surface area (TPSA) is 78.5 Å². The van der Waals surface area contributed by atoms with Crippen molar-refractivity contribution in [1.82, 2.24) is 15.5 Å². The van der Waals surface area contributed by atoms with Crippen LogP contribution in [0.3, 0.4) is 0 Å². The number of piperazine rings is 1. The fourth-order valence-corrected chi connectivity index (χ4v) is 2.59. The number of carbonyl (C=O) groups is 3. The zero-order valence-corrected chi connectivity index (χ0v) is 11.9. The first kappa shape index (κ1) is 14.5. The first-order valence-electron chi connectivity index (χ1n) is 6.53. The Labute approximate surface area is 121 Å². The van der Waals surface area contributed by atoms with Crippen LogP contribution in [0.5, 0.6) is 0 Å². The van der Waals surface area contributed by atoms with Crippen molar-refractivity contribution in [2.45, 2.75) is 12.8 Å². The van der Waals surface area contributed by atoms with E-state index in [9.17, 15) is 14.4 Å². The Kier molecular flexibility index (Phi) is 5.11. The van der Waals surface area contributed by atoms with Crippen LogP contribution in [0.1, 0.15) is 22.5 Å². The van der Waals surface area contributed by atoms with Crippen LogP contribution in [0.25, 0.3) is 0 Å². The lowest BCUT2D eigenvalue weighted by Crippen LogP contribution is -2.50. The maximum absolute atomic E-state index is 11.9. The Hall–Kier alpha value is -1.89. The first-order valence-corrected chi connectivity index (χ1v) is 7.41. The summed E-state index contributed by atoms with van der Waals surface area (Å²) in [7, 11) is 0. The third-order valence-electron chi connectivity index (χ3n) is 2.99. The van der Waals surface area contributed by atoms with Crippen molar-refractivity contribution >= 4 is 29.1 Å². The summed E-state index contributed by atoms with van der Waals surface area (Å²) in [5.74, 6) is -0.259. The van der Waals surface area contributed by atoms with Gasteiger partial charge in [-0.15, -0.1) is 11.3 Å². The first-order chi connectivity index (χ1) is 9.66. The van der Waals surface area contributed by atoms with Crippen molar-refractivity contribution < 1.29 is 14.4 Å². The molecule has 1 aliphatic rings. The van der Waals surface area contributed by atoms with Gasteiger partial charge < -0.3 is 15.5 Å². The monoisotopic (exact) mass is 295 g/mol. The van der Waals surface area contributed by atoms with E-state index in [0.717, 1.165) is 0 Å². The van der Waals surface area contributed by atoms with E-state index in [1.54, 1.807) is 11.0 Å². The van der Waals surface area contributed by atoms with Gasteiger partial charge in [-0.3, -0.25) is 14.4 Å². The number of amides is 3. The van der Waals surface area contributed by atoms with Crippen molar-refractivity contribution in [2.24, 2.45) is 0 Å². The number of thiophene rings is 1. The van der Waals surface area contributed by atoms with Gasteiger partial charge in [-0.25, -0.2) is 0 Å². The van der Waals surface area contributed by atoms with Gasteiger partial charge in [0.05, 0.1) is 11.4 Å². The smallest absolute Gasteiger partial charge is 0.261 e. The van der Waals surface area contributed by atoms with Crippen LogP contribution in [-0.4, -0.2) is 48.8 Å². The van der Waals surface area contributed by atoms with Crippen molar-refractivity contribution in [3.63, 3.8) is 0 Å². The summed E-state index contributed by atoms with van der Waals surface area (Å²) in [6, 6.07) is 3.59. The van der Waals surface area contributed by atoms with Gasteiger partial charge in [0, 0.05) is 26.1 Å².